The summed E-state index contributed by atoms with van der Waals surface area (Å²) in [6.45, 7) is 10.9. The van der Waals surface area contributed by atoms with E-state index in [1.807, 2.05) is 0 Å². The third-order valence-corrected chi connectivity index (χ3v) is 5.11. The van der Waals surface area contributed by atoms with Gasteiger partial charge in [0.05, 0.1) is 0 Å². The standard InChI is InChI=1S/C16H30N2O/c1-11(2)14(12(3)4)15(19)18-13-9-16(10-13)5-7-17-8-6-16/h11-14,17H,5-10H2,1-4H3,(H,18,19). The lowest BCUT2D eigenvalue weighted by Gasteiger charge is -2.51. The highest BCUT2D eigenvalue weighted by molar-refractivity contribution is 5.79. The second-order valence-corrected chi connectivity index (χ2v) is 7.38. The zero-order valence-corrected chi connectivity index (χ0v) is 13.0. The molecule has 1 amide bonds. The molecule has 3 heteroatoms. The molecule has 1 aliphatic heterocycles. The van der Waals surface area contributed by atoms with E-state index in [2.05, 4.69) is 38.3 Å². The van der Waals surface area contributed by atoms with Gasteiger partial charge in [-0.3, -0.25) is 4.79 Å². The van der Waals surface area contributed by atoms with Crippen LogP contribution in [0.1, 0.15) is 53.4 Å². The third kappa shape index (κ3) is 3.31. The van der Waals surface area contributed by atoms with E-state index in [0.29, 0.717) is 23.3 Å². The molecular formula is C16H30N2O. The molecule has 2 N–H and O–H groups in total. The van der Waals surface area contributed by atoms with Crippen molar-refractivity contribution in [3.8, 4) is 0 Å². The number of carbonyl (C=O) groups excluding carboxylic acids is 1. The van der Waals surface area contributed by atoms with Gasteiger partial charge in [-0.25, -0.2) is 0 Å². The van der Waals surface area contributed by atoms with Crippen molar-refractivity contribution < 1.29 is 4.79 Å². The summed E-state index contributed by atoms with van der Waals surface area (Å²) in [6, 6.07) is 0.436. The van der Waals surface area contributed by atoms with Crippen molar-refractivity contribution in [1.29, 1.82) is 0 Å². The summed E-state index contributed by atoms with van der Waals surface area (Å²) >= 11 is 0. The van der Waals surface area contributed by atoms with Crippen molar-refractivity contribution in [3.05, 3.63) is 0 Å². The monoisotopic (exact) mass is 266 g/mol. The first kappa shape index (κ1) is 14.8. The summed E-state index contributed by atoms with van der Waals surface area (Å²) in [5, 5.41) is 6.72. The van der Waals surface area contributed by atoms with E-state index in [4.69, 9.17) is 0 Å². The molecule has 2 rings (SSSR count). The number of nitrogens with one attached hydrogen (secondary N) is 2. The molecule has 1 saturated heterocycles. The lowest BCUT2D eigenvalue weighted by Crippen LogP contribution is -2.55. The highest BCUT2D eigenvalue weighted by atomic mass is 16.2. The largest absolute Gasteiger partial charge is 0.353 e. The zero-order valence-electron chi connectivity index (χ0n) is 13.0. The van der Waals surface area contributed by atoms with Gasteiger partial charge in [0.25, 0.3) is 0 Å². The van der Waals surface area contributed by atoms with Crippen molar-refractivity contribution in [2.45, 2.75) is 59.4 Å². The van der Waals surface area contributed by atoms with Crippen LogP contribution in [0.2, 0.25) is 0 Å². The van der Waals surface area contributed by atoms with Crippen LogP contribution in [0.5, 0.6) is 0 Å². The Bertz CT molecular complexity index is 303. The fourth-order valence-electron chi connectivity index (χ4n) is 4.13. The molecule has 2 aliphatic rings. The molecule has 110 valence electrons. The van der Waals surface area contributed by atoms with Crippen LogP contribution in [0.15, 0.2) is 0 Å². The van der Waals surface area contributed by atoms with Crippen molar-refractivity contribution in [1.82, 2.24) is 10.6 Å². The van der Waals surface area contributed by atoms with Gasteiger partial charge in [0.1, 0.15) is 0 Å². The molecule has 1 saturated carbocycles. The average molecular weight is 266 g/mol. The van der Waals surface area contributed by atoms with Crippen molar-refractivity contribution >= 4 is 5.91 Å². The van der Waals surface area contributed by atoms with Gasteiger partial charge in [-0.1, -0.05) is 27.7 Å². The number of amides is 1. The van der Waals surface area contributed by atoms with E-state index in [9.17, 15) is 4.79 Å². The Morgan fingerprint density at radius 3 is 2.11 bits per heavy atom. The maximum Gasteiger partial charge on any atom is 0.223 e. The van der Waals surface area contributed by atoms with Crippen LogP contribution in [0.3, 0.4) is 0 Å². The molecule has 0 radical (unpaired) electrons. The Hall–Kier alpha value is -0.570. The Morgan fingerprint density at radius 1 is 1.11 bits per heavy atom. The number of rotatable bonds is 4. The number of hydrogen-bond acceptors (Lipinski definition) is 2. The van der Waals surface area contributed by atoms with E-state index in [1.54, 1.807) is 0 Å². The average Bonchev–Trinajstić information content (AvgIpc) is 2.27. The van der Waals surface area contributed by atoms with Gasteiger partial charge >= 0.3 is 0 Å². The Morgan fingerprint density at radius 2 is 1.63 bits per heavy atom. The Labute approximate surface area is 117 Å². The van der Waals surface area contributed by atoms with Gasteiger partial charge in [-0.05, 0) is 56.0 Å². The Balaban J connectivity index is 1.81. The quantitative estimate of drug-likeness (QED) is 0.821. The van der Waals surface area contributed by atoms with Gasteiger partial charge in [-0.15, -0.1) is 0 Å². The minimum atomic E-state index is 0.157. The van der Waals surface area contributed by atoms with E-state index in [1.165, 1.54) is 25.7 Å². The highest BCUT2D eigenvalue weighted by Gasteiger charge is 2.45. The number of carbonyl (C=O) groups is 1. The zero-order chi connectivity index (χ0) is 14.0. The summed E-state index contributed by atoms with van der Waals surface area (Å²) in [4.78, 5) is 12.4. The third-order valence-electron chi connectivity index (χ3n) is 5.11. The Kier molecular flexibility index (Phi) is 4.54. The second-order valence-electron chi connectivity index (χ2n) is 7.38. The maximum atomic E-state index is 12.4. The lowest BCUT2D eigenvalue weighted by atomic mass is 9.60. The molecule has 0 unspecified atom stereocenters. The highest BCUT2D eigenvalue weighted by Crippen LogP contribution is 2.47. The molecule has 1 spiro atoms. The van der Waals surface area contributed by atoms with Crippen LogP contribution < -0.4 is 10.6 Å². The molecular weight excluding hydrogens is 236 g/mol. The topological polar surface area (TPSA) is 41.1 Å². The molecule has 1 heterocycles. The first-order chi connectivity index (χ1) is 8.93. The normalized spacial score (nSPS) is 23.1. The fourth-order valence-corrected chi connectivity index (χ4v) is 4.13. The molecule has 0 aromatic heterocycles. The number of hydrogen-bond donors (Lipinski definition) is 2. The van der Waals surface area contributed by atoms with E-state index >= 15 is 0 Å². The fraction of sp³-hybridized carbons (Fsp3) is 0.938. The van der Waals surface area contributed by atoms with Gasteiger partial charge < -0.3 is 10.6 Å². The van der Waals surface area contributed by atoms with Gasteiger partial charge in [0.2, 0.25) is 5.91 Å². The van der Waals surface area contributed by atoms with E-state index < -0.39 is 0 Å². The minimum Gasteiger partial charge on any atom is -0.353 e. The summed E-state index contributed by atoms with van der Waals surface area (Å²) in [7, 11) is 0. The first-order valence-electron chi connectivity index (χ1n) is 7.95. The van der Waals surface area contributed by atoms with Crippen LogP contribution in [0, 0.1) is 23.2 Å². The molecule has 0 aromatic carbocycles. The van der Waals surface area contributed by atoms with Crippen LogP contribution in [-0.4, -0.2) is 25.0 Å². The van der Waals surface area contributed by atoms with Gasteiger partial charge in [-0.2, -0.15) is 0 Å². The predicted molar refractivity (Wildman–Crippen MR) is 78.9 cm³/mol. The molecule has 2 fully saturated rings. The van der Waals surface area contributed by atoms with Crippen molar-refractivity contribution in [2.24, 2.45) is 23.2 Å². The summed E-state index contributed by atoms with van der Waals surface area (Å²) < 4.78 is 0. The molecule has 19 heavy (non-hydrogen) atoms. The van der Waals surface area contributed by atoms with E-state index in [0.717, 1.165) is 13.1 Å². The van der Waals surface area contributed by atoms with Crippen LogP contribution in [-0.2, 0) is 4.79 Å². The summed E-state index contributed by atoms with van der Waals surface area (Å²) in [6.07, 6.45) is 4.97. The lowest BCUT2D eigenvalue weighted by molar-refractivity contribution is -0.130. The van der Waals surface area contributed by atoms with Gasteiger partial charge in [0, 0.05) is 12.0 Å². The summed E-state index contributed by atoms with van der Waals surface area (Å²) in [5.74, 6) is 1.28. The van der Waals surface area contributed by atoms with Crippen molar-refractivity contribution in [3.63, 3.8) is 0 Å². The second kappa shape index (κ2) is 5.82. The predicted octanol–water partition coefficient (Wildman–Crippen LogP) is 2.56. The molecule has 0 aromatic rings. The minimum absolute atomic E-state index is 0.157. The first-order valence-corrected chi connectivity index (χ1v) is 7.95. The summed E-state index contributed by atoms with van der Waals surface area (Å²) in [5.41, 5.74) is 0.550. The molecule has 0 bridgehead atoms. The maximum absolute atomic E-state index is 12.4. The smallest absolute Gasteiger partial charge is 0.223 e. The van der Waals surface area contributed by atoms with Crippen molar-refractivity contribution in [2.75, 3.05) is 13.1 Å². The van der Waals surface area contributed by atoms with Crippen LogP contribution >= 0.6 is 0 Å². The van der Waals surface area contributed by atoms with Crippen LogP contribution in [0.25, 0.3) is 0 Å². The molecule has 1 aliphatic carbocycles. The van der Waals surface area contributed by atoms with Crippen LogP contribution in [0.4, 0.5) is 0 Å². The van der Waals surface area contributed by atoms with E-state index in [-0.39, 0.29) is 11.8 Å². The molecule has 0 atom stereocenters. The SMILES string of the molecule is CC(C)C(C(=O)NC1CC2(CCNCC2)C1)C(C)C. The number of piperidine rings is 1. The van der Waals surface area contributed by atoms with Gasteiger partial charge in [0.15, 0.2) is 0 Å². The molecule has 3 nitrogen and oxygen atoms in total.